The van der Waals surface area contributed by atoms with E-state index in [1.807, 2.05) is 26.1 Å². The molecule has 4 aliphatic rings. The van der Waals surface area contributed by atoms with Gasteiger partial charge in [0.25, 0.3) is 0 Å². The number of aliphatic hydroxyl groups is 1. The third-order valence-electron chi connectivity index (χ3n) is 7.26. The summed E-state index contributed by atoms with van der Waals surface area (Å²) >= 11 is 0. The first-order valence-electron chi connectivity index (χ1n) is 10.2. The number of carbonyl (C=O) groups excluding carboxylic acids is 2. The predicted octanol–water partition coefficient (Wildman–Crippen LogP) is 2.08. The van der Waals surface area contributed by atoms with Crippen LogP contribution in [0.15, 0.2) is 36.4 Å². The SMILES string of the molecule is C/C=C/C=C/C(=O)Oc1ccc2c3c1O[C@H]1C(=O)CC[C@@]4(O)[C@@H](C2)N(C)CC[C@]314. The van der Waals surface area contributed by atoms with Gasteiger partial charge in [-0.3, -0.25) is 4.79 Å². The van der Waals surface area contributed by atoms with E-state index in [-0.39, 0.29) is 11.8 Å². The maximum Gasteiger partial charge on any atom is 0.336 e. The van der Waals surface area contributed by atoms with Crippen LogP contribution in [0.5, 0.6) is 11.5 Å². The molecule has 2 heterocycles. The van der Waals surface area contributed by atoms with Crippen molar-refractivity contribution in [2.75, 3.05) is 13.6 Å². The molecule has 1 aromatic rings. The molecule has 1 saturated carbocycles. The van der Waals surface area contributed by atoms with E-state index in [9.17, 15) is 14.7 Å². The van der Waals surface area contributed by atoms with Gasteiger partial charge >= 0.3 is 5.97 Å². The highest BCUT2D eigenvalue weighted by atomic mass is 16.6. The molecule has 0 radical (unpaired) electrons. The molecule has 0 aromatic heterocycles. The Morgan fingerprint density at radius 1 is 1.34 bits per heavy atom. The van der Waals surface area contributed by atoms with Gasteiger partial charge in [0.15, 0.2) is 23.4 Å². The number of allylic oxidation sites excluding steroid dienone is 3. The normalized spacial score (nSPS) is 35.1. The second-order valence-corrected chi connectivity index (χ2v) is 8.54. The molecule has 4 atom stereocenters. The number of ketones is 1. The van der Waals surface area contributed by atoms with Crippen LogP contribution in [0.3, 0.4) is 0 Å². The van der Waals surface area contributed by atoms with Crippen LogP contribution in [0.25, 0.3) is 0 Å². The molecule has 6 nitrogen and oxygen atoms in total. The molecule has 152 valence electrons. The van der Waals surface area contributed by atoms with Gasteiger partial charge in [0.1, 0.15) is 0 Å². The summed E-state index contributed by atoms with van der Waals surface area (Å²) in [6, 6.07) is 3.65. The highest BCUT2D eigenvalue weighted by Crippen LogP contribution is 2.64. The number of hydrogen-bond acceptors (Lipinski definition) is 6. The summed E-state index contributed by atoms with van der Waals surface area (Å²) in [6.07, 6.45) is 7.88. The van der Waals surface area contributed by atoms with Crippen LogP contribution in [-0.2, 0) is 21.4 Å². The second kappa shape index (κ2) is 6.28. The number of ether oxygens (including phenoxy) is 2. The molecule has 1 spiro atoms. The molecule has 6 heteroatoms. The maximum atomic E-state index is 12.9. The molecule has 2 aliphatic carbocycles. The van der Waals surface area contributed by atoms with E-state index < -0.39 is 23.1 Å². The molecule has 2 bridgehead atoms. The molecule has 1 saturated heterocycles. The fourth-order valence-electron chi connectivity index (χ4n) is 5.99. The monoisotopic (exact) mass is 395 g/mol. The molecule has 2 fully saturated rings. The minimum Gasteiger partial charge on any atom is -0.477 e. The van der Waals surface area contributed by atoms with Gasteiger partial charge in [0.05, 0.1) is 11.0 Å². The summed E-state index contributed by atoms with van der Waals surface area (Å²) in [6.45, 7) is 2.65. The summed E-state index contributed by atoms with van der Waals surface area (Å²) in [5.74, 6) is 0.286. The van der Waals surface area contributed by atoms with Gasteiger partial charge in [-0.25, -0.2) is 4.79 Å². The second-order valence-electron chi connectivity index (χ2n) is 8.54. The number of esters is 1. The van der Waals surface area contributed by atoms with Gasteiger partial charge in [-0.2, -0.15) is 0 Å². The number of likely N-dealkylation sites (tertiary alicyclic amines) is 1. The summed E-state index contributed by atoms with van der Waals surface area (Å²) < 4.78 is 11.8. The van der Waals surface area contributed by atoms with Crippen LogP contribution >= 0.6 is 0 Å². The largest absolute Gasteiger partial charge is 0.477 e. The van der Waals surface area contributed by atoms with Crippen molar-refractivity contribution in [3.05, 3.63) is 47.6 Å². The highest BCUT2D eigenvalue weighted by molar-refractivity contribution is 5.90. The standard InChI is InChI=1S/C23H25NO5/c1-3-4-5-6-18(26)28-16-8-7-14-13-17-23(27)10-9-15(25)21-22(23,11-12-24(17)2)19(14)20(16)29-21/h3-8,17,21,27H,9-13H2,1-2H3/b4-3+,6-5+/t17-,21+,22+,23-/m1/s1. The zero-order valence-corrected chi connectivity index (χ0v) is 16.7. The third-order valence-corrected chi connectivity index (χ3v) is 7.26. The lowest BCUT2D eigenvalue weighted by Crippen LogP contribution is -2.76. The average molecular weight is 395 g/mol. The van der Waals surface area contributed by atoms with E-state index in [4.69, 9.17) is 9.47 Å². The maximum absolute atomic E-state index is 12.9. The van der Waals surface area contributed by atoms with E-state index >= 15 is 0 Å². The third kappa shape index (κ3) is 2.30. The first-order valence-corrected chi connectivity index (χ1v) is 10.2. The number of carbonyl (C=O) groups is 2. The summed E-state index contributed by atoms with van der Waals surface area (Å²) in [5, 5.41) is 11.9. The molecule has 2 aliphatic heterocycles. The van der Waals surface area contributed by atoms with E-state index in [0.717, 1.165) is 17.7 Å². The fourth-order valence-corrected chi connectivity index (χ4v) is 5.99. The Labute approximate surface area is 169 Å². The molecule has 29 heavy (non-hydrogen) atoms. The minimum atomic E-state index is -1.02. The zero-order valence-electron chi connectivity index (χ0n) is 16.7. The van der Waals surface area contributed by atoms with Crippen molar-refractivity contribution in [1.82, 2.24) is 4.90 Å². The van der Waals surface area contributed by atoms with Gasteiger partial charge < -0.3 is 19.5 Å². The quantitative estimate of drug-likeness (QED) is 0.366. The number of hydrogen-bond donors (Lipinski definition) is 1. The number of likely N-dealkylation sites (N-methyl/N-ethyl adjacent to an activating group) is 1. The van der Waals surface area contributed by atoms with Crippen molar-refractivity contribution in [3.8, 4) is 11.5 Å². The Balaban J connectivity index is 1.64. The summed E-state index contributed by atoms with van der Waals surface area (Å²) in [4.78, 5) is 27.3. The average Bonchev–Trinajstić information content (AvgIpc) is 3.05. The van der Waals surface area contributed by atoms with E-state index in [0.29, 0.717) is 37.2 Å². The fraction of sp³-hybridized carbons (Fsp3) is 0.478. The van der Waals surface area contributed by atoms with Gasteiger partial charge in [-0.1, -0.05) is 24.3 Å². The zero-order chi connectivity index (χ0) is 20.4. The molecule has 0 unspecified atom stereocenters. The lowest BCUT2D eigenvalue weighted by atomic mass is 9.49. The summed E-state index contributed by atoms with van der Waals surface area (Å²) in [5.41, 5.74) is 0.171. The van der Waals surface area contributed by atoms with E-state index in [1.165, 1.54) is 6.08 Å². The Morgan fingerprint density at radius 2 is 2.17 bits per heavy atom. The molecule has 1 aromatic carbocycles. The van der Waals surface area contributed by atoms with Crippen LogP contribution in [-0.4, -0.2) is 53.1 Å². The number of rotatable bonds is 3. The van der Waals surface area contributed by atoms with Crippen LogP contribution in [0.1, 0.15) is 37.3 Å². The van der Waals surface area contributed by atoms with Crippen molar-refractivity contribution < 1.29 is 24.2 Å². The van der Waals surface area contributed by atoms with Crippen molar-refractivity contribution in [2.45, 2.75) is 55.8 Å². The predicted molar refractivity (Wildman–Crippen MR) is 106 cm³/mol. The van der Waals surface area contributed by atoms with Crippen molar-refractivity contribution in [1.29, 1.82) is 0 Å². The highest BCUT2D eigenvalue weighted by Gasteiger charge is 2.72. The van der Waals surface area contributed by atoms with Gasteiger partial charge in [0.2, 0.25) is 0 Å². The molecular formula is C23H25NO5. The van der Waals surface area contributed by atoms with Crippen molar-refractivity contribution in [3.63, 3.8) is 0 Å². The lowest BCUT2D eigenvalue weighted by Gasteiger charge is -2.61. The van der Waals surface area contributed by atoms with E-state index in [1.54, 1.807) is 18.2 Å². The number of benzene rings is 1. The lowest BCUT2D eigenvalue weighted by molar-refractivity contribution is -0.185. The number of piperidine rings is 1. The Morgan fingerprint density at radius 3 is 2.97 bits per heavy atom. The van der Waals surface area contributed by atoms with Crippen molar-refractivity contribution in [2.24, 2.45) is 0 Å². The van der Waals surface area contributed by atoms with Crippen molar-refractivity contribution >= 4 is 11.8 Å². The molecule has 0 amide bonds. The topological polar surface area (TPSA) is 76.1 Å². The van der Waals surface area contributed by atoms with E-state index in [2.05, 4.69) is 4.90 Å². The van der Waals surface area contributed by atoms with Crippen LogP contribution < -0.4 is 9.47 Å². The van der Waals surface area contributed by atoms with Crippen LogP contribution in [0, 0.1) is 0 Å². The molecular weight excluding hydrogens is 370 g/mol. The smallest absolute Gasteiger partial charge is 0.336 e. The Kier molecular flexibility index (Phi) is 4.02. The molecule has 1 N–H and O–H groups in total. The van der Waals surface area contributed by atoms with Crippen LogP contribution in [0.2, 0.25) is 0 Å². The number of nitrogens with zero attached hydrogens (tertiary/aromatic N) is 1. The Hall–Kier alpha value is -2.44. The first-order chi connectivity index (χ1) is 13.9. The van der Waals surface area contributed by atoms with Crippen LogP contribution in [0.4, 0.5) is 0 Å². The van der Waals surface area contributed by atoms with Gasteiger partial charge in [-0.05, 0) is 51.4 Å². The van der Waals surface area contributed by atoms with Gasteiger partial charge in [-0.15, -0.1) is 0 Å². The summed E-state index contributed by atoms with van der Waals surface area (Å²) in [7, 11) is 2.04. The minimum absolute atomic E-state index is 0.0206. The first kappa shape index (κ1) is 18.6. The van der Waals surface area contributed by atoms with Gasteiger partial charge in [0, 0.05) is 24.1 Å². The molecule has 5 rings (SSSR count). The number of Topliss-reactive ketones (excluding diaryl/α,β-unsaturated/α-hetero) is 1. The Bertz CT molecular complexity index is 966.